The van der Waals surface area contributed by atoms with Gasteiger partial charge in [-0.05, 0) is 67.2 Å². The summed E-state index contributed by atoms with van der Waals surface area (Å²) >= 11 is 0. The van der Waals surface area contributed by atoms with Crippen LogP contribution in [0, 0.1) is 21.4 Å². The topological polar surface area (TPSA) is 85.4 Å². The summed E-state index contributed by atoms with van der Waals surface area (Å²) in [5.41, 5.74) is 1.84. The molecule has 0 N–H and O–H groups in total. The van der Waals surface area contributed by atoms with Crippen molar-refractivity contribution in [3.8, 4) is 17.6 Å². The van der Waals surface area contributed by atoms with Gasteiger partial charge in [-0.15, -0.1) is 0 Å². The average Bonchev–Trinajstić information content (AvgIpc) is 3.19. The van der Waals surface area contributed by atoms with E-state index < -0.39 is 4.92 Å². The van der Waals surface area contributed by atoms with Crippen molar-refractivity contribution in [3.63, 3.8) is 0 Å². The Kier molecular flexibility index (Phi) is 5.72. The number of non-ortho nitro benzene ring substituents is 1. The fraction of sp³-hybridized carbons (Fsp3) is 0.286. The van der Waals surface area contributed by atoms with Crippen LogP contribution >= 0.6 is 0 Å². The molecule has 2 aromatic carbocycles. The van der Waals surface area contributed by atoms with Gasteiger partial charge < -0.3 is 9.47 Å². The summed E-state index contributed by atoms with van der Waals surface area (Å²) in [7, 11) is 1.60. The molecule has 0 amide bonds. The van der Waals surface area contributed by atoms with Crippen LogP contribution in [0.3, 0.4) is 0 Å². The Morgan fingerprint density at radius 3 is 2.48 bits per heavy atom. The van der Waals surface area contributed by atoms with Gasteiger partial charge in [0.1, 0.15) is 0 Å². The van der Waals surface area contributed by atoms with Crippen LogP contribution in [0.15, 0.2) is 42.5 Å². The first-order valence-electron chi connectivity index (χ1n) is 8.82. The number of nitro groups is 1. The number of hydrogen-bond acceptors (Lipinski definition) is 5. The van der Waals surface area contributed by atoms with Crippen molar-refractivity contribution in [3.05, 3.63) is 63.7 Å². The molecule has 0 heterocycles. The first-order valence-corrected chi connectivity index (χ1v) is 8.82. The highest BCUT2D eigenvalue weighted by Gasteiger charge is 2.18. The van der Waals surface area contributed by atoms with Gasteiger partial charge in [-0.25, -0.2) is 0 Å². The Hall–Kier alpha value is -3.33. The Bertz CT molecular complexity index is 891. The molecule has 1 saturated carbocycles. The van der Waals surface area contributed by atoms with Gasteiger partial charge in [0.15, 0.2) is 11.5 Å². The zero-order chi connectivity index (χ0) is 19.2. The molecule has 1 fully saturated rings. The number of hydrogen-bond donors (Lipinski definition) is 0. The highest BCUT2D eigenvalue weighted by atomic mass is 16.6. The van der Waals surface area contributed by atoms with Crippen LogP contribution in [-0.2, 0) is 0 Å². The molecule has 0 spiro atoms. The van der Waals surface area contributed by atoms with E-state index in [9.17, 15) is 15.4 Å². The number of nitrogens with zero attached hydrogens (tertiary/aromatic N) is 2. The third-order valence-electron chi connectivity index (χ3n) is 4.60. The number of allylic oxidation sites excluding steroid dienone is 1. The summed E-state index contributed by atoms with van der Waals surface area (Å²) in [6.45, 7) is 0. The lowest BCUT2D eigenvalue weighted by Crippen LogP contribution is -2.11. The van der Waals surface area contributed by atoms with E-state index in [4.69, 9.17) is 9.47 Å². The Balaban J connectivity index is 1.89. The van der Waals surface area contributed by atoms with E-state index >= 15 is 0 Å². The van der Waals surface area contributed by atoms with Crippen LogP contribution in [0.5, 0.6) is 11.5 Å². The molecule has 0 aliphatic heterocycles. The second-order valence-electron chi connectivity index (χ2n) is 6.41. The second-order valence-corrected chi connectivity index (χ2v) is 6.41. The number of rotatable bonds is 6. The van der Waals surface area contributed by atoms with Crippen molar-refractivity contribution < 1.29 is 14.4 Å². The zero-order valence-corrected chi connectivity index (χ0v) is 15.1. The molecule has 0 unspecified atom stereocenters. The monoisotopic (exact) mass is 364 g/mol. The minimum absolute atomic E-state index is 0.00672. The summed E-state index contributed by atoms with van der Waals surface area (Å²) in [5, 5.41) is 20.3. The normalized spacial score (nSPS) is 14.6. The summed E-state index contributed by atoms with van der Waals surface area (Å²) in [4.78, 5) is 10.3. The molecular weight excluding hydrogens is 344 g/mol. The number of nitro benzene ring substituents is 1. The van der Waals surface area contributed by atoms with Gasteiger partial charge >= 0.3 is 0 Å². The van der Waals surface area contributed by atoms with Crippen LogP contribution in [0.1, 0.15) is 36.8 Å². The lowest BCUT2D eigenvalue weighted by Gasteiger charge is -2.16. The van der Waals surface area contributed by atoms with Crippen LogP contribution < -0.4 is 9.47 Å². The van der Waals surface area contributed by atoms with Gasteiger partial charge in [-0.1, -0.05) is 6.07 Å². The number of nitriles is 1. The fourth-order valence-corrected chi connectivity index (χ4v) is 3.17. The van der Waals surface area contributed by atoms with E-state index in [0.29, 0.717) is 22.6 Å². The number of ether oxygens (including phenoxy) is 2. The van der Waals surface area contributed by atoms with Gasteiger partial charge in [0, 0.05) is 12.1 Å². The van der Waals surface area contributed by atoms with Crippen molar-refractivity contribution in [2.45, 2.75) is 31.8 Å². The molecule has 27 heavy (non-hydrogen) atoms. The van der Waals surface area contributed by atoms with E-state index in [1.54, 1.807) is 25.3 Å². The zero-order valence-electron chi connectivity index (χ0n) is 15.1. The van der Waals surface area contributed by atoms with Gasteiger partial charge in [-0.2, -0.15) is 5.26 Å². The maximum absolute atomic E-state index is 10.8. The molecule has 2 aromatic rings. The van der Waals surface area contributed by atoms with Crippen LogP contribution in [0.25, 0.3) is 11.6 Å². The predicted molar refractivity (Wildman–Crippen MR) is 102 cm³/mol. The molecule has 1 aliphatic rings. The quantitative estimate of drug-likeness (QED) is 0.312. The third kappa shape index (κ3) is 4.45. The molecule has 0 saturated heterocycles. The average molecular weight is 364 g/mol. The van der Waals surface area contributed by atoms with E-state index in [2.05, 4.69) is 6.07 Å². The highest BCUT2D eigenvalue weighted by molar-refractivity contribution is 5.90. The fourth-order valence-electron chi connectivity index (χ4n) is 3.17. The van der Waals surface area contributed by atoms with E-state index in [1.807, 2.05) is 18.2 Å². The Labute approximate surface area is 157 Å². The highest BCUT2D eigenvalue weighted by Crippen LogP contribution is 2.33. The smallest absolute Gasteiger partial charge is 0.269 e. The Morgan fingerprint density at radius 1 is 1.19 bits per heavy atom. The molecule has 0 atom stereocenters. The molecular formula is C21H20N2O4. The Morgan fingerprint density at radius 2 is 1.89 bits per heavy atom. The van der Waals surface area contributed by atoms with Gasteiger partial charge in [0.2, 0.25) is 0 Å². The maximum atomic E-state index is 10.8. The second kappa shape index (κ2) is 8.37. The molecule has 138 valence electrons. The molecule has 1 aliphatic carbocycles. The largest absolute Gasteiger partial charge is 0.493 e. The standard InChI is InChI=1S/C21H20N2O4/c1-26-20-11-6-15(13-21(20)27-19-4-2-3-5-19)12-17(14-22)16-7-9-18(10-8-16)23(24)25/h6-13,19H,2-5H2,1H3/b17-12+. The SMILES string of the molecule is COc1ccc(/C=C(\C#N)c2ccc([N+](=O)[O-])cc2)cc1OC1CCCC1. The van der Waals surface area contributed by atoms with Gasteiger partial charge in [-0.3, -0.25) is 10.1 Å². The maximum Gasteiger partial charge on any atom is 0.269 e. The lowest BCUT2D eigenvalue weighted by atomic mass is 10.0. The van der Waals surface area contributed by atoms with Crippen molar-refractivity contribution in [1.29, 1.82) is 5.26 Å². The summed E-state index contributed by atoms with van der Waals surface area (Å²) < 4.78 is 11.5. The number of benzene rings is 2. The van der Waals surface area contributed by atoms with Crippen LogP contribution in [0.4, 0.5) is 5.69 Å². The minimum atomic E-state index is -0.463. The summed E-state index contributed by atoms with van der Waals surface area (Å²) in [6, 6.07) is 13.6. The third-order valence-corrected chi connectivity index (χ3v) is 4.60. The van der Waals surface area contributed by atoms with Crippen molar-refractivity contribution in [2.75, 3.05) is 7.11 Å². The molecule has 0 radical (unpaired) electrons. The first kappa shape index (κ1) is 18.5. The number of methoxy groups -OCH3 is 1. The summed E-state index contributed by atoms with van der Waals surface area (Å²) in [6.07, 6.45) is 6.35. The van der Waals surface area contributed by atoms with E-state index in [1.165, 1.54) is 25.0 Å². The van der Waals surface area contributed by atoms with Crippen molar-refractivity contribution >= 4 is 17.3 Å². The van der Waals surface area contributed by atoms with Crippen LogP contribution in [-0.4, -0.2) is 18.1 Å². The van der Waals surface area contributed by atoms with E-state index in [0.717, 1.165) is 18.4 Å². The van der Waals surface area contributed by atoms with Crippen molar-refractivity contribution in [2.24, 2.45) is 0 Å². The first-order chi connectivity index (χ1) is 13.1. The molecule has 6 nitrogen and oxygen atoms in total. The van der Waals surface area contributed by atoms with Gasteiger partial charge in [0.25, 0.3) is 5.69 Å². The van der Waals surface area contributed by atoms with Crippen LogP contribution in [0.2, 0.25) is 0 Å². The lowest BCUT2D eigenvalue weighted by molar-refractivity contribution is -0.384. The molecule has 0 bridgehead atoms. The summed E-state index contributed by atoms with van der Waals surface area (Å²) in [5.74, 6) is 1.33. The van der Waals surface area contributed by atoms with E-state index in [-0.39, 0.29) is 11.8 Å². The van der Waals surface area contributed by atoms with Crippen molar-refractivity contribution in [1.82, 2.24) is 0 Å². The minimum Gasteiger partial charge on any atom is -0.493 e. The predicted octanol–water partition coefficient (Wildman–Crippen LogP) is 4.99. The molecule has 0 aromatic heterocycles. The molecule has 6 heteroatoms. The molecule has 3 rings (SSSR count). The van der Waals surface area contributed by atoms with Gasteiger partial charge in [0.05, 0.1) is 29.8 Å².